The quantitative estimate of drug-likeness (QED) is 0.859. The van der Waals surface area contributed by atoms with Crippen LogP contribution in [0.1, 0.15) is 18.0 Å². The van der Waals surface area contributed by atoms with Crippen LogP contribution in [0.2, 0.25) is 0 Å². The van der Waals surface area contributed by atoms with Crippen LogP contribution in [0.15, 0.2) is 65.8 Å². The van der Waals surface area contributed by atoms with E-state index < -0.39 is 11.9 Å². The number of carbonyl (C=O) groups is 2. The second-order valence-electron chi connectivity index (χ2n) is 7.54. The molecule has 0 aliphatic carbocycles. The first-order valence-electron chi connectivity index (χ1n) is 9.80. The van der Waals surface area contributed by atoms with Crippen molar-refractivity contribution < 1.29 is 9.59 Å². The van der Waals surface area contributed by atoms with Crippen LogP contribution in [0, 0.1) is 0 Å². The summed E-state index contributed by atoms with van der Waals surface area (Å²) in [5.41, 5.74) is 7.84. The fourth-order valence-corrected chi connectivity index (χ4v) is 3.97. The highest BCUT2D eigenvalue weighted by atomic mass is 16.2. The van der Waals surface area contributed by atoms with Gasteiger partial charge in [-0.15, -0.1) is 0 Å². The lowest BCUT2D eigenvalue weighted by atomic mass is 10.0. The minimum Gasteiger partial charge on any atom is -0.368 e. The number of nitrogens with zero attached hydrogens (tertiary/aromatic N) is 4. The van der Waals surface area contributed by atoms with Crippen LogP contribution in [-0.4, -0.2) is 60.0 Å². The maximum atomic E-state index is 13.4. The molecule has 1 saturated heterocycles. The van der Waals surface area contributed by atoms with Gasteiger partial charge >= 0.3 is 0 Å². The average Bonchev–Trinajstić information content (AvgIpc) is 3.20. The number of hydrogen-bond donors (Lipinski definition) is 1. The molecule has 7 nitrogen and oxygen atoms in total. The second kappa shape index (κ2) is 8.05. The van der Waals surface area contributed by atoms with Crippen LogP contribution in [0.3, 0.4) is 0 Å². The van der Waals surface area contributed by atoms with Crippen LogP contribution in [0.25, 0.3) is 0 Å². The molecule has 1 fully saturated rings. The number of carbonyl (C=O) groups excluding carboxylic acids is 2. The first-order chi connectivity index (χ1) is 14.0. The lowest BCUT2D eigenvalue weighted by Gasteiger charge is -2.40. The molecule has 29 heavy (non-hydrogen) atoms. The highest BCUT2D eigenvalue weighted by Gasteiger charge is 2.39. The Hall–Kier alpha value is -3.19. The minimum atomic E-state index is -0.654. The molecule has 0 radical (unpaired) electrons. The second-order valence-corrected chi connectivity index (χ2v) is 7.54. The van der Waals surface area contributed by atoms with Crippen molar-refractivity contribution in [1.29, 1.82) is 0 Å². The summed E-state index contributed by atoms with van der Waals surface area (Å²) in [5.74, 6) is -0.616. The van der Waals surface area contributed by atoms with Gasteiger partial charge in [0.2, 0.25) is 5.91 Å². The summed E-state index contributed by atoms with van der Waals surface area (Å²) in [7, 11) is 2.06. The maximum absolute atomic E-state index is 13.4. The molecule has 7 heteroatoms. The van der Waals surface area contributed by atoms with E-state index in [9.17, 15) is 9.59 Å². The highest BCUT2D eigenvalue weighted by Crippen LogP contribution is 2.29. The van der Waals surface area contributed by atoms with Crippen LogP contribution >= 0.6 is 0 Å². The Morgan fingerprint density at radius 1 is 1.00 bits per heavy atom. The smallest absolute Gasteiger partial charge is 0.270 e. The Morgan fingerprint density at radius 3 is 2.31 bits per heavy atom. The number of piperazine rings is 1. The van der Waals surface area contributed by atoms with Gasteiger partial charge in [0.1, 0.15) is 11.8 Å². The number of amides is 2. The molecule has 2 amide bonds. The third-order valence-electron chi connectivity index (χ3n) is 5.54. The number of hydrogen-bond acceptors (Lipinski definition) is 5. The fraction of sp³-hybridized carbons (Fsp3) is 0.318. The number of primary amides is 1. The topological polar surface area (TPSA) is 82.2 Å². The van der Waals surface area contributed by atoms with E-state index in [1.54, 1.807) is 5.01 Å². The number of benzene rings is 2. The molecule has 0 aromatic heterocycles. The van der Waals surface area contributed by atoms with Crippen molar-refractivity contribution >= 4 is 23.2 Å². The molecular formula is C22H25N5O2. The number of nitrogens with two attached hydrogens (primary N) is 1. The molecule has 2 N–H and O–H groups in total. The zero-order valence-corrected chi connectivity index (χ0v) is 16.4. The van der Waals surface area contributed by atoms with Crippen molar-refractivity contribution in [3.8, 4) is 0 Å². The number of hydrazone groups is 1. The van der Waals surface area contributed by atoms with E-state index in [0.29, 0.717) is 12.3 Å². The van der Waals surface area contributed by atoms with Crippen LogP contribution in [0.4, 0.5) is 5.69 Å². The van der Waals surface area contributed by atoms with E-state index in [1.165, 1.54) is 0 Å². The summed E-state index contributed by atoms with van der Waals surface area (Å²) in [4.78, 5) is 29.6. The lowest BCUT2D eigenvalue weighted by Crippen LogP contribution is -2.51. The lowest BCUT2D eigenvalue weighted by molar-refractivity contribution is -0.128. The number of likely N-dealkylation sites (N-methyl/N-ethyl adjacent to an activating group) is 1. The van der Waals surface area contributed by atoms with E-state index in [-0.39, 0.29) is 18.4 Å². The van der Waals surface area contributed by atoms with Gasteiger partial charge in [-0.3, -0.25) is 14.6 Å². The van der Waals surface area contributed by atoms with E-state index >= 15 is 0 Å². The molecule has 0 saturated carbocycles. The molecule has 150 valence electrons. The number of rotatable bonds is 4. The monoisotopic (exact) mass is 391 g/mol. The van der Waals surface area contributed by atoms with Gasteiger partial charge in [-0.2, -0.15) is 5.10 Å². The molecule has 4 rings (SSSR count). The minimum absolute atomic E-state index is 0.0528. The first kappa shape index (κ1) is 19.1. The standard InChI is InChI=1S/C22H25N5O2/c1-25-12-13-26(20(15-25)16-8-4-2-5-9-16)22(29)18-14-19(21(23)28)27(24-18)17-10-6-3-7-11-17/h2-11,19-20H,12-15H2,1H3,(H2,23,28)/t19-,20+/m1/s1. The van der Waals surface area contributed by atoms with Gasteiger partial charge in [-0.25, -0.2) is 0 Å². The Morgan fingerprint density at radius 2 is 1.66 bits per heavy atom. The van der Waals surface area contributed by atoms with Gasteiger partial charge in [0.25, 0.3) is 5.91 Å². The molecule has 0 spiro atoms. The summed E-state index contributed by atoms with van der Waals surface area (Å²) in [6.07, 6.45) is 0.219. The molecule has 0 bridgehead atoms. The molecule has 2 atom stereocenters. The Balaban J connectivity index is 1.63. The zero-order valence-electron chi connectivity index (χ0n) is 16.4. The predicted molar refractivity (Wildman–Crippen MR) is 112 cm³/mol. The van der Waals surface area contributed by atoms with Gasteiger partial charge in [0.05, 0.1) is 11.7 Å². The van der Waals surface area contributed by atoms with Gasteiger partial charge in [0.15, 0.2) is 0 Å². The Kier molecular flexibility index (Phi) is 5.31. The van der Waals surface area contributed by atoms with Crippen LogP contribution in [0.5, 0.6) is 0 Å². The van der Waals surface area contributed by atoms with E-state index in [0.717, 1.165) is 24.3 Å². The average molecular weight is 391 g/mol. The van der Waals surface area contributed by atoms with E-state index in [4.69, 9.17) is 5.73 Å². The predicted octanol–water partition coefficient (Wildman–Crippen LogP) is 1.62. The van der Waals surface area contributed by atoms with Crippen molar-refractivity contribution in [2.75, 3.05) is 31.7 Å². The molecule has 2 aliphatic heterocycles. The van der Waals surface area contributed by atoms with Crippen molar-refractivity contribution in [3.63, 3.8) is 0 Å². The Bertz CT molecular complexity index is 915. The van der Waals surface area contributed by atoms with Crippen molar-refractivity contribution in [2.24, 2.45) is 10.8 Å². The van der Waals surface area contributed by atoms with Gasteiger partial charge in [-0.1, -0.05) is 48.5 Å². The zero-order chi connectivity index (χ0) is 20.4. The summed E-state index contributed by atoms with van der Waals surface area (Å²) in [6.45, 7) is 2.16. The first-order valence-corrected chi connectivity index (χ1v) is 9.80. The van der Waals surface area contributed by atoms with Crippen LogP contribution < -0.4 is 10.7 Å². The van der Waals surface area contributed by atoms with Gasteiger partial charge in [-0.05, 0) is 24.7 Å². The molecular weight excluding hydrogens is 366 g/mol. The molecule has 2 aromatic carbocycles. The number of anilines is 1. The fourth-order valence-electron chi connectivity index (χ4n) is 3.97. The normalized spacial score (nSPS) is 22.4. The van der Waals surface area contributed by atoms with Crippen molar-refractivity contribution in [3.05, 3.63) is 66.2 Å². The van der Waals surface area contributed by atoms with Crippen molar-refractivity contribution in [1.82, 2.24) is 9.80 Å². The molecule has 2 aromatic rings. The van der Waals surface area contributed by atoms with E-state index in [1.807, 2.05) is 65.6 Å². The highest BCUT2D eigenvalue weighted by molar-refractivity contribution is 6.40. The Labute approximate surface area is 170 Å². The van der Waals surface area contributed by atoms with Gasteiger partial charge < -0.3 is 15.5 Å². The number of para-hydroxylation sites is 1. The molecule has 2 aliphatic rings. The molecule has 2 heterocycles. The molecule has 0 unspecified atom stereocenters. The van der Waals surface area contributed by atoms with E-state index in [2.05, 4.69) is 17.0 Å². The third kappa shape index (κ3) is 3.86. The SMILES string of the molecule is CN1CCN(C(=O)C2=NN(c3ccccc3)[C@@H](C(N)=O)C2)[C@H](c2ccccc2)C1. The van der Waals surface area contributed by atoms with Gasteiger partial charge in [0, 0.05) is 26.1 Å². The largest absolute Gasteiger partial charge is 0.368 e. The summed E-state index contributed by atoms with van der Waals surface area (Å²) < 4.78 is 0. The summed E-state index contributed by atoms with van der Waals surface area (Å²) >= 11 is 0. The van der Waals surface area contributed by atoms with Crippen LogP contribution in [-0.2, 0) is 9.59 Å². The third-order valence-corrected chi connectivity index (χ3v) is 5.54. The maximum Gasteiger partial charge on any atom is 0.270 e. The summed E-state index contributed by atoms with van der Waals surface area (Å²) in [6, 6.07) is 18.7. The summed E-state index contributed by atoms with van der Waals surface area (Å²) in [5, 5.41) is 6.10. The van der Waals surface area contributed by atoms with Crippen molar-refractivity contribution in [2.45, 2.75) is 18.5 Å².